The topological polar surface area (TPSA) is 30.7 Å². The lowest BCUT2D eigenvalue weighted by molar-refractivity contribution is 1.16. The van der Waals surface area contributed by atoms with Crippen molar-refractivity contribution in [1.82, 2.24) is 14.5 Å². The predicted molar refractivity (Wildman–Crippen MR) is 203 cm³/mol. The van der Waals surface area contributed by atoms with Crippen LogP contribution in [0, 0.1) is 0 Å². The molecule has 0 spiro atoms. The van der Waals surface area contributed by atoms with E-state index in [1.54, 1.807) is 0 Å². The van der Waals surface area contributed by atoms with Crippen molar-refractivity contribution in [3.8, 4) is 39.5 Å². The monoisotopic (exact) mass is 629 g/mol. The summed E-state index contributed by atoms with van der Waals surface area (Å²) in [5, 5.41) is 5.98. The molecular formula is C44H27N3S. The molecule has 0 fully saturated rings. The van der Waals surface area contributed by atoms with Crippen LogP contribution in [0.5, 0.6) is 0 Å². The number of rotatable bonds is 4. The molecule has 0 saturated carbocycles. The molecule has 0 radical (unpaired) electrons. The molecule has 0 unspecified atom stereocenters. The van der Waals surface area contributed by atoms with Gasteiger partial charge in [-0.2, -0.15) is 0 Å². The lowest BCUT2D eigenvalue weighted by atomic mass is 10.0. The number of hydrogen-bond acceptors (Lipinski definition) is 3. The van der Waals surface area contributed by atoms with Gasteiger partial charge in [-0.1, -0.05) is 133 Å². The fourth-order valence-electron chi connectivity index (χ4n) is 7.22. The maximum absolute atomic E-state index is 5.48. The molecule has 48 heavy (non-hydrogen) atoms. The van der Waals surface area contributed by atoms with E-state index in [1.807, 2.05) is 11.3 Å². The Labute approximate surface area is 281 Å². The van der Waals surface area contributed by atoms with Crippen molar-refractivity contribution in [2.24, 2.45) is 0 Å². The largest absolute Gasteiger partial charge is 0.308 e. The highest BCUT2D eigenvalue weighted by atomic mass is 32.1. The second kappa shape index (κ2) is 10.7. The number of fused-ring (bicyclic) bond motifs is 7. The Bertz CT molecular complexity index is 2770. The number of para-hydroxylation sites is 3. The molecule has 0 aliphatic carbocycles. The minimum Gasteiger partial charge on any atom is -0.308 e. The molecular weight excluding hydrogens is 603 g/mol. The molecule has 3 nitrogen and oxygen atoms in total. The van der Waals surface area contributed by atoms with Crippen molar-refractivity contribution in [2.45, 2.75) is 0 Å². The van der Waals surface area contributed by atoms with Crippen LogP contribution < -0.4 is 0 Å². The first-order valence-corrected chi connectivity index (χ1v) is 17.0. The van der Waals surface area contributed by atoms with Crippen LogP contribution in [0.15, 0.2) is 164 Å². The zero-order chi connectivity index (χ0) is 31.6. The molecule has 0 amide bonds. The van der Waals surface area contributed by atoms with E-state index < -0.39 is 0 Å². The van der Waals surface area contributed by atoms with Gasteiger partial charge >= 0.3 is 0 Å². The number of hydrogen-bond donors (Lipinski definition) is 0. The first kappa shape index (κ1) is 27.1. The highest BCUT2D eigenvalue weighted by molar-refractivity contribution is 7.26. The van der Waals surface area contributed by atoms with Crippen LogP contribution in [-0.2, 0) is 0 Å². The summed E-state index contributed by atoms with van der Waals surface area (Å²) in [6.07, 6.45) is 0. The minimum absolute atomic E-state index is 0.727. The van der Waals surface area contributed by atoms with Gasteiger partial charge in [0.1, 0.15) is 0 Å². The number of thiophene rings is 1. The van der Waals surface area contributed by atoms with Gasteiger partial charge in [0.25, 0.3) is 0 Å². The van der Waals surface area contributed by atoms with Crippen LogP contribution >= 0.6 is 11.3 Å². The predicted octanol–water partition coefficient (Wildman–Crippen LogP) is 12.1. The van der Waals surface area contributed by atoms with Crippen LogP contribution in [0.2, 0.25) is 0 Å². The van der Waals surface area contributed by atoms with Crippen molar-refractivity contribution in [3.63, 3.8) is 0 Å². The molecule has 0 atom stereocenters. The van der Waals surface area contributed by atoms with Gasteiger partial charge in [-0.05, 0) is 41.5 Å². The van der Waals surface area contributed by atoms with Gasteiger partial charge in [-0.15, -0.1) is 11.3 Å². The maximum Gasteiger partial charge on any atom is 0.164 e. The average Bonchev–Trinajstić information content (AvgIpc) is 3.70. The summed E-state index contributed by atoms with van der Waals surface area (Å²) in [5.74, 6) is 0.727. The Morgan fingerprint density at radius 1 is 0.417 bits per heavy atom. The van der Waals surface area contributed by atoms with Gasteiger partial charge < -0.3 is 4.57 Å². The Balaban J connectivity index is 1.29. The van der Waals surface area contributed by atoms with Gasteiger partial charge in [-0.3, -0.25) is 0 Å². The normalized spacial score (nSPS) is 11.8. The summed E-state index contributed by atoms with van der Waals surface area (Å²) >= 11 is 1.82. The van der Waals surface area contributed by atoms with Gasteiger partial charge in [0.05, 0.1) is 33.5 Å². The van der Waals surface area contributed by atoms with Crippen molar-refractivity contribution in [2.75, 3.05) is 0 Å². The molecule has 0 bridgehead atoms. The van der Waals surface area contributed by atoms with Gasteiger partial charge in [-0.25, -0.2) is 9.97 Å². The summed E-state index contributed by atoms with van der Waals surface area (Å²) in [6.45, 7) is 0. The van der Waals surface area contributed by atoms with Crippen molar-refractivity contribution < 1.29 is 0 Å². The Hall–Kier alpha value is -6.10. The molecule has 224 valence electrons. The van der Waals surface area contributed by atoms with Crippen molar-refractivity contribution in [1.29, 1.82) is 0 Å². The van der Waals surface area contributed by atoms with E-state index in [4.69, 9.17) is 9.97 Å². The third kappa shape index (κ3) is 4.13. The van der Waals surface area contributed by atoms with Crippen molar-refractivity contribution in [3.05, 3.63) is 164 Å². The molecule has 0 aliphatic rings. The van der Waals surface area contributed by atoms with Crippen LogP contribution in [0.3, 0.4) is 0 Å². The van der Waals surface area contributed by atoms with Crippen LogP contribution in [0.25, 0.3) is 92.3 Å². The van der Waals surface area contributed by atoms with E-state index in [0.717, 1.165) is 50.3 Å². The van der Waals surface area contributed by atoms with Crippen LogP contribution in [0.1, 0.15) is 0 Å². The van der Waals surface area contributed by atoms with E-state index in [2.05, 4.69) is 168 Å². The molecule has 4 heteroatoms. The summed E-state index contributed by atoms with van der Waals surface area (Å²) in [7, 11) is 0. The van der Waals surface area contributed by atoms with Crippen LogP contribution in [-0.4, -0.2) is 14.5 Å². The molecule has 0 saturated heterocycles. The Morgan fingerprint density at radius 3 is 1.75 bits per heavy atom. The first-order valence-electron chi connectivity index (χ1n) is 16.2. The lowest BCUT2D eigenvalue weighted by Gasteiger charge is -2.16. The standard InChI is InChI=1S/C44H27N3S/c1-2-12-28(13-3-1)29-22-24-30(25-23-29)42-35-17-4-8-18-36(35)45-44(46-42)41-39(27-26-34-33-16-7-11-21-40(33)48-43(34)41)47-37-19-9-5-14-31(37)32-15-6-10-20-38(32)47/h1-27H. The minimum atomic E-state index is 0.727. The van der Waals surface area contributed by atoms with Gasteiger partial charge in [0, 0.05) is 41.9 Å². The number of benzene rings is 7. The van der Waals surface area contributed by atoms with Gasteiger partial charge in [0.15, 0.2) is 5.82 Å². The lowest BCUT2D eigenvalue weighted by Crippen LogP contribution is -2.01. The van der Waals surface area contributed by atoms with E-state index in [9.17, 15) is 0 Å². The molecule has 3 heterocycles. The quantitative estimate of drug-likeness (QED) is 0.194. The SMILES string of the molecule is c1ccc(-c2ccc(-c3nc(-c4c(-n5c6ccccc6c6ccccc65)ccc5c4sc4ccccc45)nc4ccccc34)cc2)cc1. The Kier molecular flexibility index (Phi) is 6.05. The summed E-state index contributed by atoms with van der Waals surface area (Å²) < 4.78 is 4.85. The summed E-state index contributed by atoms with van der Waals surface area (Å²) in [4.78, 5) is 10.8. The second-order valence-corrected chi connectivity index (χ2v) is 13.2. The molecule has 7 aromatic carbocycles. The first-order chi connectivity index (χ1) is 23.8. The number of nitrogens with zero attached hydrogens (tertiary/aromatic N) is 3. The van der Waals surface area contributed by atoms with E-state index in [-0.39, 0.29) is 0 Å². The molecule has 3 aromatic heterocycles. The molecule has 10 aromatic rings. The smallest absolute Gasteiger partial charge is 0.164 e. The third-order valence-electron chi connectivity index (χ3n) is 9.44. The molecule has 0 aliphatic heterocycles. The highest BCUT2D eigenvalue weighted by Gasteiger charge is 2.23. The molecule has 10 rings (SSSR count). The zero-order valence-corrected chi connectivity index (χ0v) is 26.7. The van der Waals surface area contributed by atoms with E-state index in [0.29, 0.717) is 0 Å². The Morgan fingerprint density at radius 2 is 1.00 bits per heavy atom. The van der Waals surface area contributed by atoms with Crippen LogP contribution in [0.4, 0.5) is 0 Å². The highest BCUT2D eigenvalue weighted by Crippen LogP contribution is 2.45. The molecule has 0 N–H and O–H groups in total. The second-order valence-electron chi connectivity index (χ2n) is 12.2. The van der Waals surface area contributed by atoms with Gasteiger partial charge in [0.2, 0.25) is 0 Å². The maximum atomic E-state index is 5.48. The average molecular weight is 630 g/mol. The number of aromatic nitrogens is 3. The third-order valence-corrected chi connectivity index (χ3v) is 10.6. The fourth-order valence-corrected chi connectivity index (χ4v) is 8.46. The zero-order valence-electron chi connectivity index (χ0n) is 25.8. The van der Waals surface area contributed by atoms with E-state index >= 15 is 0 Å². The van der Waals surface area contributed by atoms with E-state index in [1.165, 1.54) is 42.1 Å². The fraction of sp³-hybridized carbons (Fsp3) is 0. The van der Waals surface area contributed by atoms with Crippen molar-refractivity contribution >= 4 is 64.2 Å². The summed E-state index contributed by atoms with van der Waals surface area (Å²) in [5.41, 5.74) is 9.76. The summed E-state index contributed by atoms with van der Waals surface area (Å²) in [6, 6.07) is 58.2.